The molecule has 2 aliphatic rings. The van der Waals surface area contributed by atoms with Crippen molar-refractivity contribution in [2.45, 2.75) is 51.4 Å². The zero-order valence-corrected chi connectivity index (χ0v) is 15.2. The maximum Gasteiger partial charge on any atom is 0.316 e. The lowest BCUT2D eigenvalue weighted by atomic mass is 9.70. The van der Waals surface area contributed by atoms with Crippen molar-refractivity contribution < 1.29 is 13.9 Å². The van der Waals surface area contributed by atoms with Crippen molar-refractivity contribution in [1.82, 2.24) is 4.98 Å². The van der Waals surface area contributed by atoms with Gasteiger partial charge < -0.3 is 9.15 Å². The van der Waals surface area contributed by atoms with Gasteiger partial charge in [0, 0.05) is 5.41 Å². The number of esters is 1. The number of oxazole rings is 1. The smallest absolute Gasteiger partial charge is 0.316 e. The largest absolute Gasteiger partial charge is 0.461 e. The summed E-state index contributed by atoms with van der Waals surface area (Å²) in [6, 6.07) is 7.61. The van der Waals surface area contributed by atoms with Gasteiger partial charge in [-0.2, -0.15) is 0 Å². The number of rotatable bonds is 4. The molecule has 3 atom stereocenters. The highest BCUT2D eigenvalue weighted by Gasteiger charge is 2.62. The molecule has 4 rings (SSSR count). The summed E-state index contributed by atoms with van der Waals surface area (Å²) in [5, 5.41) is 0.521. The van der Waals surface area contributed by atoms with E-state index < -0.39 is 0 Å². The highest BCUT2D eigenvalue weighted by Crippen LogP contribution is 2.66. The normalized spacial score (nSPS) is 30.8. The summed E-state index contributed by atoms with van der Waals surface area (Å²) in [7, 11) is 0. The number of fused-ring (bicyclic) bond motifs is 3. The number of benzene rings is 1. The second-order valence-corrected chi connectivity index (χ2v) is 8.75. The molecule has 0 aliphatic heterocycles. The lowest BCUT2D eigenvalue weighted by Gasteiger charge is -2.38. The third-order valence-electron chi connectivity index (χ3n) is 6.58. The predicted molar refractivity (Wildman–Crippen MR) is 93.8 cm³/mol. The van der Waals surface area contributed by atoms with Crippen LogP contribution in [0.3, 0.4) is 0 Å². The van der Waals surface area contributed by atoms with E-state index in [1.807, 2.05) is 24.3 Å². The summed E-state index contributed by atoms with van der Waals surface area (Å²) in [4.78, 5) is 16.7. The molecule has 4 nitrogen and oxygen atoms in total. The van der Waals surface area contributed by atoms with E-state index >= 15 is 0 Å². The molecule has 2 aromatic rings. The second kappa shape index (κ2) is 5.51. The minimum atomic E-state index is -0.170. The Bertz CT molecular complexity index is 751. The fraction of sp³-hybridized carbons (Fsp3) is 0.579. The average Bonchev–Trinajstić information content (AvgIpc) is 3.11. The van der Waals surface area contributed by atoms with Crippen molar-refractivity contribution in [3.05, 3.63) is 24.3 Å². The van der Waals surface area contributed by atoms with Crippen LogP contribution >= 0.6 is 11.8 Å². The van der Waals surface area contributed by atoms with E-state index in [0.29, 0.717) is 11.1 Å². The number of nitrogens with zero attached hydrogens (tertiary/aromatic N) is 1. The van der Waals surface area contributed by atoms with Gasteiger partial charge in [0.15, 0.2) is 5.58 Å². The second-order valence-electron chi connectivity index (χ2n) is 7.83. The summed E-state index contributed by atoms with van der Waals surface area (Å²) in [6.07, 6.45) is 3.46. The van der Waals surface area contributed by atoms with Crippen LogP contribution in [-0.2, 0) is 9.53 Å². The summed E-state index contributed by atoms with van der Waals surface area (Å²) in [5.74, 6) is 0.742. The molecule has 0 amide bonds. The van der Waals surface area contributed by atoms with E-state index in [2.05, 4.69) is 25.8 Å². The number of thioether (sulfide) groups is 1. The Morgan fingerprint density at radius 2 is 2.17 bits per heavy atom. The molecule has 1 aromatic carbocycles. The van der Waals surface area contributed by atoms with Gasteiger partial charge in [0.05, 0.1) is 0 Å². The SMILES string of the molecule is CC1(C)[C@H]2CC[C@@]1(C)[C@@H](OC(=O)CSc1nc3ccccc3o1)C2. The van der Waals surface area contributed by atoms with Crippen LogP contribution in [0.4, 0.5) is 0 Å². The van der Waals surface area contributed by atoms with Crippen molar-refractivity contribution in [3.8, 4) is 0 Å². The van der Waals surface area contributed by atoms with Crippen LogP contribution in [-0.4, -0.2) is 22.8 Å². The van der Waals surface area contributed by atoms with Crippen LogP contribution in [0.15, 0.2) is 33.9 Å². The number of hydrogen-bond donors (Lipinski definition) is 0. The van der Waals surface area contributed by atoms with Crippen LogP contribution in [0.2, 0.25) is 0 Å². The first-order valence-corrected chi connectivity index (χ1v) is 9.56. The molecule has 1 aromatic heterocycles. The first-order valence-electron chi connectivity index (χ1n) is 8.58. The molecular weight excluding hydrogens is 322 g/mol. The minimum Gasteiger partial charge on any atom is -0.461 e. The van der Waals surface area contributed by atoms with Gasteiger partial charge in [-0.15, -0.1) is 0 Å². The Morgan fingerprint density at radius 1 is 1.38 bits per heavy atom. The van der Waals surface area contributed by atoms with Crippen LogP contribution in [0.5, 0.6) is 0 Å². The maximum atomic E-state index is 12.3. The molecule has 2 bridgehead atoms. The Morgan fingerprint density at radius 3 is 2.83 bits per heavy atom. The maximum absolute atomic E-state index is 12.3. The molecule has 24 heavy (non-hydrogen) atoms. The first kappa shape index (κ1) is 16.0. The molecule has 0 saturated heterocycles. The van der Waals surface area contributed by atoms with E-state index in [1.54, 1.807) is 0 Å². The van der Waals surface area contributed by atoms with Gasteiger partial charge >= 0.3 is 5.97 Å². The number of carbonyl (C=O) groups excluding carboxylic acids is 1. The summed E-state index contributed by atoms with van der Waals surface area (Å²) in [5.41, 5.74) is 1.92. The summed E-state index contributed by atoms with van der Waals surface area (Å²) in [6.45, 7) is 6.93. The molecule has 2 saturated carbocycles. The lowest BCUT2D eigenvalue weighted by Crippen LogP contribution is -2.38. The molecule has 0 N–H and O–H groups in total. The standard InChI is InChI=1S/C19H23NO3S/c1-18(2)12-8-9-19(18,3)15(10-12)23-16(21)11-24-17-20-13-6-4-5-7-14(13)22-17/h4-7,12,15H,8-11H2,1-3H3/t12-,15-,19-/m0/s1. The average molecular weight is 345 g/mol. The quantitative estimate of drug-likeness (QED) is 0.595. The minimum absolute atomic E-state index is 0.0444. The monoisotopic (exact) mass is 345 g/mol. The molecule has 5 heteroatoms. The summed E-state index contributed by atoms with van der Waals surface area (Å²) < 4.78 is 11.5. The van der Waals surface area contributed by atoms with Crippen molar-refractivity contribution >= 4 is 28.8 Å². The Balaban J connectivity index is 1.37. The zero-order valence-electron chi connectivity index (χ0n) is 14.4. The van der Waals surface area contributed by atoms with Gasteiger partial charge in [0.25, 0.3) is 5.22 Å². The van der Waals surface area contributed by atoms with Crippen LogP contribution < -0.4 is 0 Å². The fourth-order valence-corrected chi connectivity index (χ4v) is 5.16. The van der Waals surface area contributed by atoms with Gasteiger partial charge in [-0.1, -0.05) is 44.7 Å². The number of ether oxygens (including phenoxy) is 1. The van der Waals surface area contributed by atoms with E-state index in [1.165, 1.54) is 18.2 Å². The molecular formula is C19H23NO3S. The number of hydrogen-bond acceptors (Lipinski definition) is 5. The van der Waals surface area contributed by atoms with Gasteiger partial charge in [-0.25, -0.2) is 4.98 Å². The van der Waals surface area contributed by atoms with Gasteiger partial charge in [-0.05, 0) is 42.7 Å². The third kappa shape index (κ3) is 2.36. The molecule has 0 unspecified atom stereocenters. The van der Waals surface area contributed by atoms with E-state index in [-0.39, 0.29) is 28.7 Å². The van der Waals surface area contributed by atoms with E-state index in [0.717, 1.165) is 23.9 Å². The molecule has 2 aliphatic carbocycles. The Labute approximate surface area is 146 Å². The van der Waals surface area contributed by atoms with Crippen LogP contribution in [0.25, 0.3) is 11.1 Å². The van der Waals surface area contributed by atoms with E-state index in [4.69, 9.17) is 9.15 Å². The lowest BCUT2D eigenvalue weighted by molar-refractivity contribution is -0.153. The van der Waals surface area contributed by atoms with Gasteiger partial charge in [0.1, 0.15) is 17.4 Å². The molecule has 0 spiro atoms. The Kier molecular flexibility index (Phi) is 3.68. The zero-order chi connectivity index (χ0) is 16.9. The number of para-hydroxylation sites is 2. The fourth-order valence-electron chi connectivity index (χ4n) is 4.53. The van der Waals surface area contributed by atoms with Crippen LogP contribution in [0.1, 0.15) is 40.0 Å². The molecule has 1 heterocycles. The topological polar surface area (TPSA) is 52.3 Å². The van der Waals surface area contributed by atoms with Crippen molar-refractivity contribution in [1.29, 1.82) is 0 Å². The summed E-state index contributed by atoms with van der Waals surface area (Å²) >= 11 is 1.30. The van der Waals surface area contributed by atoms with E-state index in [9.17, 15) is 4.79 Å². The third-order valence-corrected chi connectivity index (χ3v) is 7.38. The van der Waals surface area contributed by atoms with Crippen LogP contribution in [0, 0.1) is 16.7 Å². The first-order chi connectivity index (χ1) is 11.4. The highest BCUT2D eigenvalue weighted by atomic mass is 32.2. The van der Waals surface area contributed by atoms with Crippen molar-refractivity contribution in [2.24, 2.45) is 16.7 Å². The van der Waals surface area contributed by atoms with Gasteiger partial charge in [0.2, 0.25) is 0 Å². The van der Waals surface area contributed by atoms with Crippen molar-refractivity contribution in [3.63, 3.8) is 0 Å². The van der Waals surface area contributed by atoms with Crippen molar-refractivity contribution in [2.75, 3.05) is 5.75 Å². The predicted octanol–water partition coefficient (Wildman–Crippen LogP) is 4.68. The Hall–Kier alpha value is -1.49. The molecule has 0 radical (unpaired) electrons. The van der Waals surface area contributed by atoms with Gasteiger partial charge in [-0.3, -0.25) is 4.79 Å². The molecule has 2 fully saturated rings. The number of aromatic nitrogens is 1. The molecule has 128 valence electrons. The highest BCUT2D eigenvalue weighted by molar-refractivity contribution is 7.99. The number of carbonyl (C=O) groups is 1.